The summed E-state index contributed by atoms with van der Waals surface area (Å²) in [4.78, 5) is 0. The molecule has 0 aromatic heterocycles. The molecule has 0 fully saturated rings. The summed E-state index contributed by atoms with van der Waals surface area (Å²) in [7, 11) is 0. The van der Waals surface area contributed by atoms with Gasteiger partial charge < -0.3 is 10.5 Å². The first-order chi connectivity index (χ1) is 4.81. The minimum absolute atomic E-state index is 0.420. The second-order valence-electron chi connectivity index (χ2n) is 1.52. The van der Waals surface area contributed by atoms with E-state index in [0.29, 0.717) is 5.76 Å². The predicted molar refractivity (Wildman–Crippen MR) is 41.6 cm³/mol. The molecule has 0 unspecified atom stereocenters. The van der Waals surface area contributed by atoms with Crippen molar-refractivity contribution in [3.63, 3.8) is 0 Å². The van der Waals surface area contributed by atoms with Gasteiger partial charge in [-0.05, 0) is 12.5 Å². The summed E-state index contributed by atoms with van der Waals surface area (Å²) in [5.74, 6) is 5.92. The Morgan fingerprint density at radius 2 is 2.50 bits per heavy atom. The summed E-state index contributed by atoms with van der Waals surface area (Å²) in [5.41, 5.74) is 5.01. The first kappa shape index (κ1) is 8.64. The summed E-state index contributed by atoms with van der Waals surface area (Å²) in [6.45, 7) is 5.48. The molecule has 10 heavy (non-hydrogen) atoms. The van der Waals surface area contributed by atoms with Crippen LogP contribution in [-0.2, 0) is 4.74 Å². The minimum Gasteiger partial charge on any atom is -0.455 e. The van der Waals surface area contributed by atoms with Crippen LogP contribution in [0.5, 0.6) is 0 Å². The van der Waals surface area contributed by atoms with E-state index in [1.807, 2.05) is 6.92 Å². The molecule has 0 bridgehead atoms. The largest absolute Gasteiger partial charge is 0.455 e. The number of hydrogen-bond donors (Lipinski definition) is 1. The molecule has 0 saturated carbocycles. The third-order valence-electron chi connectivity index (χ3n) is 0.693. The highest BCUT2D eigenvalue weighted by molar-refractivity contribution is 5.20. The van der Waals surface area contributed by atoms with Crippen LogP contribution in [0.15, 0.2) is 24.8 Å². The standard InChI is InChI=1S/C8H11NO/c1-3-4-5-8(2)10-7-6-9/h6-7H,2-3,9H2,1H3/b7-6-. The summed E-state index contributed by atoms with van der Waals surface area (Å²) < 4.78 is 4.82. The van der Waals surface area contributed by atoms with Gasteiger partial charge in [0.1, 0.15) is 6.26 Å². The lowest BCUT2D eigenvalue weighted by atomic mass is 10.4. The molecule has 0 rings (SSSR count). The lowest BCUT2D eigenvalue weighted by Gasteiger charge is -1.91. The Bertz CT molecular complexity index is 183. The Morgan fingerprint density at radius 1 is 1.80 bits per heavy atom. The van der Waals surface area contributed by atoms with Crippen molar-refractivity contribution in [3.05, 3.63) is 24.8 Å². The van der Waals surface area contributed by atoms with Crippen LogP contribution in [0, 0.1) is 11.8 Å². The van der Waals surface area contributed by atoms with Crippen LogP contribution < -0.4 is 5.73 Å². The van der Waals surface area contributed by atoms with Crippen LogP contribution in [0.3, 0.4) is 0 Å². The fourth-order valence-electron chi connectivity index (χ4n) is 0.338. The van der Waals surface area contributed by atoms with Gasteiger partial charge in [-0.25, -0.2) is 0 Å². The van der Waals surface area contributed by atoms with Gasteiger partial charge in [-0.15, -0.1) is 0 Å². The van der Waals surface area contributed by atoms with Gasteiger partial charge in [0, 0.05) is 12.6 Å². The summed E-state index contributed by atoms with van der Waals surface area (Å²) >= 11 is 0. The van der Waals surface area contributed by atoms with Crippen LogP contribution in [0.2, 0.25) is 0 Å². The predicted octanol–water partition coefficient (Wildman–Crippen LogP) is 1.36. The van der Waals surface area contributed by atoms with Crippen LogP contribution in [0.4, 0.5) is 0 Å². The average molecular weight is 137 g/mol. The molecule has 0 aromatic rings. The Hall–Kier alpha value is -1.36. The number of rotatable bonds is 2. The molecule has 54 valence electrons. The topological polar surface area (TPSA) is 35.2 Å². The van der Waals surface area contributed by atoms with Crippen molar-refractivity contribution >= 4 is 0 Å². The zero-order chi connectivity index (χ0) is 7.82. The van der Waals surface area contributed by atoms with E-state index >= 15 is 0 Å². The minimum atomic E-state index is 0.420. The molecular formula is C8H11NO. The molecule has 0 atom stereocenters. The van der Waals surface area contributed by atoms with Crippen molar-refractivity contribution in [2.75, 3.05) is 0 Å². The first-order valence-electron chi connectivity index (χ1n) is 3.02. The number of allylic oxidation sites excluding steroid dienone is 1. The zero-order valence-electron chi connectivity index (χ0n) is 6.05. The van der Waals surface area contributed by atoms with Gasteiger partial charge in [-0.2, -0.15) is 0 Å². The molecule has 0 aliphatic heterocycles. The van der Waals surface area contributed by atoms with E-state index in [0.717, 1.165) is 6.42 Å². The lowest BCUT2D eigenvalue weighted by Crippen LogP contribution is -1.81. The Labute approximate surface area is 61.4 Å². The maximum absolute atomic E-state index is 5.01. The Morgan fingerprint density at radius 3 is 3.00 bits per heavy atom. The molecule has 2 heteroatoms. The van der Waals surface area contributed by atoms with Crippen LogP contribution >= 0.6 is 0 Å². The smallest absolute Gasteiger partial charge is 0.169 e. The molecule has 2 N–H and O–H groups in total. The monoisotopic (exact) mass is 137 g/mol. The Kier molecular flexibility index (Phi) is 4.99. The van der Waals surface area contributed by atoms with Gasteiger partial charge in [0.05, 0.1) is 0 Å². The SMILES string of the molecule is C=C(C#CCC)O/C=C\N. The second-order valence-corrected chi connectivity index (χ2v) is 1.52. The summed E-state index contributed by atoms with van der Waals surface area (Å²) in [6, 6.07) is 0. The second kappa shape index (κ2) is 5.77. The van der Waals surface area contributed by atoms with Gasteiger partial charge >= 0.3 is 0 Å². The van der Waals surface area contributed by atoms with Gasteiger partial charge in [0.25, 0.3) is 0 Å². The molecule has 0 saturated heterocycles. The van der Waals surface area contributed by atoms with Gasteiger partial charge in [-0.3, -0.25) is 0 Å². The third kappa shape index (κ3) is 4.79. The fraction of sp³-hybridized carbons (Fsp3) is 0.250. The van der Waals surface area contributed by atoms with E-state index in [-0.39, 0.29) is 0 Å². The van der Waals surface area contributed by atoms with Gasteiger partial charge in [0.15, 0.2) is 5.76 Å². The molecule has 2 nitrogen and oxygen atoms in total. The number of ether oxygens (including phenoxy) is 1. The van der Waals surface area contributed by atoms with E-state index in [4.69, 9.17) is 10.5 Å². The zero-order valence-corrected chi connectivity index (χ0v) is 6.05. The van der Waals surface area contributed by atoms with Crippen molar-refractivity contribution in [1.29, 1.82) is 0 Å². The molecule has 0 spiro atoms. The van der Waals surface area contributed by atoms with E-state index < -0.39 is 0 Å². The van der Waals surface area contributed by atoms with Crippen molar-refractivity contribution in [2.24, 2.45) is 5.73 Å². The highest BCUT2D eigenvalue weighted by Gasteiger charge is 1.79. The van der Waals surface area contributed by atoms with Gasteiger partial charge in [0.2, 0.25) is 0 Å². The summed E-state index contributed by atoms with van der Waals surface area (Å²) in [6.07, 6.45) is 3.43. The molecule has 0 heterocycles. The van der Waals surface area contributed by atoms with Gasteiger partial charge in [-0.1, -0.05) is 12.8 Å². The third-order valence-corrected chi connectivity index (χ3v) is 0.693. The molecule has 0 amide bonds. The molecule has 0 aliphatic carbocycles. The highest BCUT2D eigenvalue weighted by atomic mass is 16.5. The maximum Gasteiger partial charge on any atom is 0.169 e. The van der Waals surface area contributed by atoms with Crippen molar-refractivity contribution in [2.45, 2.75) is 13.3 Å². The van der Waals surface area contributed by atoms with Crippen LogP contribution in [-0.4, -0.2) is 0 Å². The average Bonchev–Trinajstić information content (AvgIpc) is 1.97. The van der Waals surface area contributed by atoms with Crippen molar-refractivity contribution in [1.82, 2.24) is 0 Å². The van der Waals surface area contributed by atoms with E-state index in [1.165, 1.54) is 12.5 Å². The maximum atomic E-state index is 5.01. The van der Waals surface area contributed by atoms with Crippen molar-refractivity contribution < 1.29 is 4.74 Å². The van der Waals surface area contributed by atoms with E-state index in [9.17, 15) is 0 Å². The number of hydrogen-bond acceptors (Lipinski definition) is 2. The van der Waals surface area contributed by atoms with Crippen LogP contribution in [0.1, 0.15) is 13.3 Å². The summed E-state index contributed by atoms with van der Waals surface area (Å²) in [5, 5.41) is 0. The van der Waals surface area contributed by atoms with E-state index in [2.05, 4.69) is 18.4 Å². The number of nitrogens with two attached hydrogens (primary N) is 1. The van der Waals surface area contributed by atoms with Crippen molar-refractivity contribution in [3.8, 4) is 11.8 Å². The lowest BCUT2D eigenvalue weighted by molar-refractivity contribution is 0.374. The van der Waals surface area contributed by atoms with E-state index in [1.54, 1.807) is 0 Å². The Balaban J connectivity index is 3.64. The molecule has 0 aromatic carbocycles. The molecule has 0 radical (unpaired) electrons. The first-order valence-corrected chi connectivity index (χ1v) is 3.02. The molecular weight excluding hydrogens is 126 g/mol. The van der Waals surface area contributed by atoms with Crippen LogP contribution in [0.25, 0.3) is 0 Å². The quantitative estimate of drug-likeness (QED) is 0.460. The normalized spacial score (nSPS) is 8.50. The fourth-order valence-corrected chi connectivity index (χ4v) is 0.338. The highest BCUT2D eigenvalue weighted by Crippen LogP contribution is 1.90. The molecule has 0 aliphatic rings.